The van der Waals surface area contributed by atoms with Crippen molar-refractivity contribution >= 4 is 33.1 Å². The number of benzene rings is 2. The molecule has 1 atom stereocenters. The summed E-state index contributed by atoms with van der Waals surface area (Å²) in [6, 6.07) is 13.8. The first-order valence-electron chi connectivity index (χ1n) is 7.58. The molecule has 3 aromatic rings. The van der Waals surface area contributed by atoms with Crippen LogP contribution >= 0.6 is 11.3 Å². The molecule has 118 valence electrons. The summed E-state index contributed by atoms with van der Waals surface area (Å²) < 4.78 is 1.06. The monoisotopic (exact) mass is 325 g/mol. The minimum Gasteiger partial charge on any atom is -0.330 e. The van der Waals surface area contributed by atoms with Crippen molar-refractivity contribution in [2.45, 2.75) is 19.3 Å². The third-order valence-electron chi connectivity index (χ3n) is 3.85. The molecule has 3 N–H and O–H groups in total. The highest BCUT2D eigenvalue weighted by Gasteiger charge is 2.20. The molecule has 0 aliphatic rings. The standard InChI is InChI=1S/C18H19N3OS/c1-12-2-4-13(5-3-12)15(8-9-19)18(22)21-14-6-7-16-17(10-14)23-11-20-16/h2-7,10-11,15H,8-9,19H2,1H3,(H,21,22)/t15-/m1/s1. The number of hydrogen-bond donors (Lipinski definition) is 2. The Morgan fingerprint density at radius 2 is 2.04 bits per heavy atom. The zero-order valence-electron chi connectivity index (χ0n) is 13.0. The first kappa shape index (κ1) is 15.6. The lowest BCUT2D eigenvalue weighted by atomic mass is 9.94. The van der Waals surface area contributed by atoms with Crippen molar-refractivity contribution in [2.75, 3.05) is 11.9 Å². The minimum atomic E-state index is -0.238. The lowest BCUT2D eigenvalue weighted by Crippen LogP contribution is -2.23. The lowest BCUT2D eigenvalue weighted by Gasteiger charge is -2.17. The van der Waals surface area contributed by atoms with Gasteiger partial charge < -0.3 is 11.1 Å². The van der Waals surface area contributed by atoms with Gasteiger partial charge in [-0.05, 0) is 43.7 Å². The number of hydrogen-bond acceptors (Lipinski definition) is 4. The van der Waals surface area contributed by atoms with Gasteiger partial charge in [-0.2, -0.15) is 0 Å². The van der Waals surface area contributed by atoms with E-state index in [2.05, 4.69) is 10.3 Å². The van der Waals surface area contributed by atoms with Crippen LogP contribution in [-0.4, -0.2) is 17.4 Å². The Morgan fingerprint density at radius 3 is 2.78 bits per heavy atom. The van der Waals surface area contributed by atoms with Gasteiger partial charge in [-0.1, -0.05) is 29.8 Å². The zero-order valence-corrected chi connectivity index (χ0v) is 13.8. The molecule has 0 spiro atoms. The average molecular weight is 325 g/mol. The molecule has 4 nitrogen and oxygen atoms in total. The molecule has 1 heterocycles. The second kappa shape index (κ2) is 6.89. The molecule has 0 saturated heterocycles. The fraction of sp³-hybridized carbons (Fsp3) is 0.222. The van der Waals surface area contributed by atoms with Crippen LogP contribution < -0.4 is 11.1 Å². The summed E-state index contributed by atoms with van der Waals surface area (Å²) in [6.45, 7) is 2.51. The van der Waals surface area contributed by atoms with Crippen LogP contribution in [-0.2, 0) is 4.79 Å². The van der Waals surface area contributed by atoms with E-state index in [1.54, 1.807) is 16.8 Å². The average Bonchev–Trinajstić information content (AvgIpc) is 3.01. The molecule has 0 aliphatic carbocycles. The van der Waals surface area contributed by atoms with Crippen molar-refractivity contribution in [1.29, 1.82) is 0 Å². The smallest absolute Gasteiger partial charge is 0.231 e. The van der Waals surface area contributed by atoms with Crippen molar-refractivity contribution in [3.05, 3.63) is 59.1 Å². The Balaban J connectivity index is 1.81. The first-order valence-corrected chi connectivity index (χ1v) is 8.46. The van der Waals surface area contributed by atoms with Gasteiger partial charge in [0.25, 0.3) is 0 Å². The third-order valence-corrected chi connectivity index (χ3v) is 4.64. The topological polar surface area (TPSA) is 68.0 Å². The highest BCUT2D eigenvalue weighted by molar-refractivity contribution is 7.16. The SMILES string of the molecule is Cc1ccc([C@@H](CCN)C(=O)Nc2ccc3ncsc3c2)cc1. The van der Waals surface area contributed by atoms with Gasteiger partial charge >= 0.3 is 0 Å². The molecule has 0 unspecified atom stereocenters. The molecule has 23 heavy (non-hydrogen) atoms. The summed E-state index contributed by atoms with van der Waals surface area (Å²) in [6.07, 6.45) is 0.623. The second-order valence-corrected chi connectivity index (χ2v) is 6.45. The highest BCUT2D eigenvalue weighted by atomic mass is 32.1. The normalized spacial score (nSPS) is 12.3. The number of rotatable bonds is 5. The molecule has 1 aromatic heterocycles. The van der Waals surface area contributed by atoms with Gasteiger partial charge in [0.2, 0.25) is 5.91 Å². The van der Waals surface area contributed by atoms with E-state index in [0.717, 1.165) is 21.5 Å². The summed E-state index contributed by atoms with van der Waals surface area (Å²) in [7, 11) is 0. The minimum absolute atomic E-state index is 0.0248. The summed E-state index contributed by atoms with van der Waals surface area (Å²) in [5.74, 6) is -0.263. The molecular formula is C18H19N3OS. The van der Waals surface area contributed by atoms with E-state index in [0.29, 0.717) is 13.0 Å². The Hall–Kier alpha value is -2.24. The van der Waals surface area contributed by atoms with E-state index in [9.17, 15) is 4.79 Å². The van der Waals surface area contributed by atoms with Crippen molar-refractivity contribution in [2.24, 2.45) is 5.73 Å². The number of anilines is 1. The predicted octanol–water partition coefficient (Wildman–Crippen LogP) is 3.68. The fourth-order valence-corrected chi connectivity index (χ4v) is 3.29. The van der Waals surface area contributed by atoms with Crippen LogP contribution in [0.4, 0.5) is 5.69 Å². The van der Waals surface area contributed by atoms with Gasteiger partial charge in [-0.25, -0.2) is 4.98 Å². The van der Waals surface area contributed by atoms with Crippen molar-refractivity contribution in [1.82, 2.24) is 4.98 Å². The molecule has 1 amide bonds. The number of thiazole rings is 1. The van der Waals surface area contributed by atoms with Crippen LogP contribution in [0.2, 0.25) is 0 Å². The number of nitrogens with zero attached hydrogens (tertiary/aromatic N) is 1. The van der Waals surface area contributed by atoms with Crippen molar-refractivity contribution in [3.63, 3.8) is 0 Å². The zero-order chi connectivity index (χ0) is 16.2. The van der Waals surface area contributed by atoms with E-state index in [1.807, 2.05) is 49.4 Å². The molecular weight excluding hydrogens is 306 g/mol. The van der Waals surface area contributed by atoms with Gasteiger partial charge in [-0.15, -0.1) is 11.3 Å². The van der Waals surface area contributed by atoms with Gasteiger partial charge in [-0.3, -0.25) is 4.79 Å². The summed E-state index contributed by atoms with van der Waals surface area (Å²) in [5.41, 5.74) is 11.4. The van der Waals surface area contributed by atoms with Crippen LogP contribution in [0.3, 0.4) is 0 Å². The Kier molecular flexibility index (Phi) is 4.69. The summed E-state index contributed by atoms with van der Waals surface area (Å²) >= 11 is 1.56. The van der Waals surface area contributed by atoms with Gasteiger partial charge in [0.15, 0.2) is 0 Å². The van der Waals surface area contributed by atoms with Crippen LogP contribution in [0.1, 0.15) is 23.5 Å². The van der Waals surface area contributed by atoms with Crippen molar-refractivity contribution in [3.8, 4) is 0 Å². The van der Waals surface area contributed by atoms with E-state index >= 15 is 0 Å². The molecule has 0 fully saturated rings. The van der Waals surface area contributed by atoms with Gasteiger partial charge in [0, 0.05) is 5.69 Å². The molecule has 2 aromatic carbocycles. The number of aryl methyl sites for hydroxylation is 1. The van der Waals surface area contributed by atoms with Crippen molar-refractivity contribution < 1.29 is 4.79 Å². The van der Waals surface area contributed by atoms with Crippen LogP contribution in [0.15, 0.2) is 48.0 Å². The number of amides is 1. The molecule has 0 bridgehead atoms. The summed E-state index contributed by atoms with van der Waals surface area (Å²) in [5, 5.41) is 3.01. The highest BCUT2D eigenvalue weighted by Crippen LogP contribution is 2.25. The molecule has 3 rings (SSSR count). The van der Waals surface area contributed by atoms with Gasteiger partial charge in [0.1, 0.15) is 0 Å². The number of carbonyl (C=O) groups is 1. The Bertz CT molecular complexity index is 811. The quantitative estimate of drug-likeness (QED) is 0.752. The Labute approximate surface area is 139 Å². The Morgan fingerprint density at radius 1 is 1.26 bits per heavy atom. The second-order valence-electron chi connectivity index (χ2n) is 5.56. The third kappa shape index (κ3) is 3.57. The van der Waals surface area contributed by atoms with Crippen LogP contribution in [0.5, 0.6) is 0 Å². The maximum atomic E-state index is 12.7. The van der Waals surface area contributed by atoms with Crippen LogP contribution in [0.25, 0.3) is 10.2 Å². The number of carbonyl (C=O) groups excluding carboxylic acids is 1. The molecule has 0 aliphatic heterocycles. The van der Waals surface area contributed by atoms with E-state index in [4.69, 9.17) is 5.73 Å². The number of nitrogens with one attached hydrogen (secondary N) is 1. The van der Waals surface area contributed by atoms with E-state index in [1.165, 1.54) is 5.56 Å². The molecule has 0 radical (unpaired) electrons. The maximum Gasteiger partial charge on any atom is 0.231 e. The maximum absolute atomic E-state index is 12.7. The number of fused-ring (bicyclic) bond motifs is 1. The van der Waals surface area contributed by atoms with Gasteiger partial charge in [0.05, 0.1) is 21.6 Å². The largest absolute Gasteiger partial charge is 0.330 e. The number of aromatic nitrogens is 1. The molecule has 0 saturated carbocycles. The predicted molar refractivity (Wildman–Crippen MR) is 95.8 cm³/mol. The van der Waals surface area contributed by atoms with E-state index < -0.39 is 0 Å². The van der Waals surface area contributed by atoms with E-state index in [-0.39, 0.29) is 11.8 Å². The number of nitrogens with two attached hydrogens (primary N) is 1. The first-order chi connectivity index (χ1) is 11.2. The molecule has 5 heteroatoms. The summed E-state index contributed by atoms with van der Waals surface area (Å²) in [4.78, 5) is 16.9. The van der Waals surface area contributed by atoms with Crippen LogP contribution in [0, 0.1) is 6.92 Å². The fourth-order valence-electron chi connectivity index (χ4n) is 2.58. The lowest BCUT2D eigenvalue weighted by molar-refractivity contribution is -0.117.